The van der Waals surface area contributed by atoms with Crippen molar-refractivity contribution in [2.75, 3.05) is 23.4 Å². The molecule has 1 aromatic rings. The van der Waals surface area contributed by atoms with Crippen LogP contribution in [0.4, 0.5) is 16.2 Å². The fourth-order valence-electron chi connectivity index (χ4n) is 2.84. The molecule has 1 heterocycles. The number of amides is 1. The van der Waals surface area contributed by atoms with E-state index in [0.29, 0.717) is 0 Å². The first-order valence-electron chi connectivity index (χ1n) is 9.11. The van der Waals surface area contributed by atoms with Gasteiger partial charge in [0.25, 0.3) is 0 Å². The summed E-state index contributed by atoms with van der Waals surface area (Å²) in [5, 5.41) is 23.1. The molecule has 0 spiro atoms. The molecule has 0 radical (unpaired) electrons. The van der Waals surface area contributed by atoms with E-state index in [4.69, 9.17) is 21.1 Å². The summed E-state index contributed by atoms with van der Waals surface area (Å²) in [6.07, 6.45) is 1.18. The Morgan fingerprint density at radius 1 is 1.36 bits per heavy atom. The Kier molecular flexibility index (Phi) is 6.82. The standard InChI is InChI=1S/C19H27N7O2/c1-19(2,3)28-18(27)23-13-8-10-26(11-9-13)16-7-5-4-6-14(16)24-25-15(12-20)17(21)22/h4-7,13,24H,8-11H2,1-3H3,(H3,21,22)(H,23,27)/b25-15+. The number of benzene rings is 1. The van der Waals surface area contributed by atoms with E-state index in [2.05, 4.69) is 20.7 Å². The van der Waals surface area contributed by atoms with Gasteiger partial charge in [0.05, 0.1) is 11.4 Å². The first-order valence-corrected chi connectivity index (χ1v) is 9.11. The Hall–Kier alpha value is -3.28. The van der Waals surface area contributed by atoms with E-state index in [0.717, 1.165) is 37.3 Å². The third kappa shape index (κ3) is 6.16. The van der Waals surface area contributed by atoms with Crippen molar-refractivity contribution >= 4 is 29.0 Å². The lowest BCUT2D eigenvalue weighted by Gasteiger charge is -2.35. The van der Waals surface area contributed by atoms with E-state index in [9.17, 15) is 4.79 Å². The molecule has 0 bridgehead atoms. The number of anilines is 2. The Labute approximate surface area is 165 Å². The first kappa shape index (κ1) is 21.0. The lowest BCUT2D eigenvalue weighted by atomic mass is 10.0. The lowest BCUT2D eigenvalue weighted by molar-refractivity contribution is 0.0497. The summed E-state index contributed by atoms with van der Waals surface area (Å²) in [5.41, 5.74) is 9.11. The first-order chi connectivity index (χ1) is 13.2. The summed E-state index contributed by atoms with van der Waals surface area (Å²) in [5.74, 6) is -0.387. The number of carbonyl (C=O) groups is 1. The predicted octanol–water partition coefficient (Wildman–Crippen LogP) is 2.41. The number of nitriles is 1. The van der Waals surface area contributed by atoms with E-state index in [1.54, 1.807) is 6.07 Å². The minimum Gasteiger partial charge on any atom is -0.444 e. The van der Waals surface area contributed by atoms with Gasteiger partial charge in [0.2, 0.25) is 5.71 Å². The minimum absolute atomic E-state index is 0.0622. The van der Waals surface area contributed by atoms with E-state index in [1.165, 1.54) is 0 Å². The van der Waals surface area contributed by atoms with Crippen LogP contribution >= 0.6 is 0 Å². The van der Waals surface area contributed by atoms with Gasteiger partial charge in [-0.15, -0.1) is 0 Å². The minimum atomic E-state index is -0.516. The average Bonchev–Trinajstić information content (AvgIpc) is 2.61. The van der Waals surface area contributed by atoms with Gasteiger partial charge in [-0.25, -0.2) is 4.79 Å². The van der Waals surface area contributed by atoms with Crippen molar-refractivity contribution in [1.82, 2.24) is 5.32 Å². The number of piperidine rings is 1. The zero-order chi connectivity index (χ0) is 20.7. The van der Waals surface area contributed by atoms with E-state index < -0.39 is 11.7 Å². The number of hydrazone groups is 1. The zero-order valence-corrected chi connectivity index (χ0v) is 16.5. The van der Waals surface area contributed by atoms with Crippen LogP contribution in [-0.2, 0) is 4.74 Å². The second kappa shape index (κ2) is 9.08. The van der Waals surface area contributed by atoms with Crippen molar-refractivity contribution in [1.29, 1.82) is 10.7 Å². The van der Waals surface area contributed by atoms with Crippen molar-refractivity contribution < 1.29 is 9.53 Å². The van der Waals surface area contributed by atoms with Crippen molar-refractivity contribution in [3.05, 3.63) is 24.3 Å². The maximum absolute atomic E-state index is 11.9. The molecule has 1 amide bonds. The number of rotatable bonds is 5. The highest BCUT2D eigenvalue weighted by molar-refractivity contribution is 6.45. The van der Waals surface area contributed by atoms with E-state index in [-0.39, 0.29) is 17.6 Å². The van der Waals surface area contributed by atoms with Gasteiger partial charge in [0.1, 0.15) is 11.7 Å². The lowest BCUT2D eigenvalue weighted by Crippen LogP contribution is -2.46. The van der Waals surface area contributed by atoms with Gasteiger partial charge in [-0.05, 0) is 45.7 Å². The number of nitrogens with zero attached hydrogens (tertiary/aromatic N) is 3. The molecule has 9 nitrogen and oxygen atoms in total. The molecule has 150 valence electrons. The van der Waals surface area contributed by atoms with Gasteiger partial charge in [-0.2, -0.15) is 10.4 Å². The molecule has 28 heavy (non-hydrogen) atoms. The van der Waals surface area contributed by atoms with Crippen LogP contribution in [0.15, 0.2) is 29.4 Å². The molecule has 9 heteroatoms. The van der Waals surface area contributed by atoms with Crippen LogP contribution < -0.4 is 21.4 Å². The molecule has 0 saturated carbocycles. The maximum atomic E-state index is 11.9. The third-order valence-electron chi connectivity index (χ3n) is 4.11. The number of nitrogens with one attached hydrogen (secondary N) is 3. The molecule has 5 N–H and O–H groups in total. The maximum Gasteiger partial charge on any atom is 0.407 e. The molecule has 1 aliphatic heterocycles. The number of hydrogen-bond acceptors (Lipinski definition) is 7. The molecular weight excluding hydrogens is 358 g/mol. The van der Waals surface area contributed by atoms with Gasteiger partial charge in [-0.1, -0.05) is 12.1 Å². The normalized spacial score (nSPS) is 15.5. The van der Waals surface area contributed by atoms with Gasteiger partial charge >= 0.3 is 6.09 Å². The molecule has 0 unspecified atom stereocenters. The van der Waals surface area contributed by atoms with Crippen LogP contribution in [0.5, 0.6) is 0 Å². The Morgan fingerprint density at radius 2 is 2.00 bits per heavy atom. The van der Waals surface area contributed by atoms with Crippen LogP contribution in [0.2, 0.25) is 0 Å². The molecule has 0 aliphatic carbocycles. The second-order valence-electron chi connectivity index (χ2n) is 7.52. The molecule has 1 saturated heterocycles. The summed E-state index contributed by atoms with van der Waals surface area (Å²) >= 11 is 0. The number of alkyl carbamates (subject to hydrolysis) is 1. The zero-order valence-electron chi connectivity index (χ0n) is 16.5. The van der Waals surface area contributed by atoms with Crippen LogP contribution in [0.25, 0.3) is 0 Å². The van der Waals surface area contributed by atoms with E-state index >= 15 is 0 Å². The number of amidine groups is 1. The third-order valence-corrected chi connectivity index (χ3v) is 4.11. The average molecular weight is 385 g/mol. The SMILES string of the molecule is CC(C)(C)OC(=O)NC1CCN(c2ccccc2N/N=C(\C#N)C(=N)N)CC1. The number of carbonyl (C=O) groups excluding carboxylic acids is 1. The van der Waals surface area contributed by atoms with Crippen molar-refractivity contribution in [2.45, 2.75) is 45.3 Å². The molecule has 2 rings (SSSR count). The van der Waals surface area contributed by atoms with Gasteiger partial charge in [-0.3, -0.25) is 10.8 Å². The highest BCUT2D eigenvalue weighted by Crippen LogP contribution is 2.28. The van der Waals surface area contributed by atoms with Crippen LogP contribution in [0.3, 0.4) is 0 Å². The summed E-state index contributed by atoms with van der Waals surface area (Å²) in [6, 6.07) is 9.43. The van der Waals surface area contributed by atoms with Crippen LogP contribution in [0.1, 0.15) is 33.6 Å². The topological polar surface area (TPSA) is 140 Å². The Bertz CT molecular complexity index is 784. The van der Waals surface area contributed by atoms with Crippen molar-refractivity contribution in [2.24, 2.45) is 10.8 Å². The Balaban J connectivity index is 1.99. The predicted molar refractivity (Wildman–Crippen MR) is 110 cm³/mol. The highest BCUT2D eigenvalue weighted by Gasteiger charge is 2.24. The fourth-order valence-corrected chi connectivity index (χ4v) is 2.84. The number of ether oxygens (including phenoxy) is 1. The fraction of sp³-hybridized carbons (Fsp3) is 0.474. The summed E-state index contributed by atoms with van der Waals surface area (Å²) < 4.78 is 5.31. The summed E-state index contributed by atoms with van der Waals surface area (Å²) in [4.78, 5) is 14.1. The van der Waals surface area contributed by atoms with E-state index in [1.807, 2.05) is 45.0 Å². The van der Waals surface area contributed by atoms with Crippen LogP contribution in [-0.4, -0.2) is 42.4 Å². The van der Waals surface area contributed by atoms with Gasteiger partial charge < -0.3 is 20.7 Å². The summed E-state index contributed by atoms with van der Waals surface area (Å²) in [7, 11) is 0. The van der Waals surface area contributed by atoms with Crippen LogP contribution in [0, 0.1) is 16.7 Å². The molecule has 1 aliphatic rings. The molecule has 0 aromatic heterocycles. The molecular formula is C19H27N7O2. The van der Waals surface area contributed by atoms with Crippen molar-refractivity contribution in [3.8, 4) is 6.07 Å². The number of hydrogen-bond donors (Lipinski definition) is 4. The monoisotopic (exact) mass is 385 g/mol. The molecule has 1 fully saturated rings. The second-order valence-corrected chi connectivity index (χ2v) is 7.52. The van der Waals surface area contributed by atoms with Crippen molar-refractivity contribution in [3.63, 3.8) is 0 Å². The van der Waals surface area contributed by atoms with Gasteiger partial charge in [0.15, 0.2) is 5.84 Å². The highest BCUT2D eigenvalue weighted by atomic mass is 16.6. The number of nitrogens with two attached hydrogens (primary N) is 1. The number of para-hydroxylation sites is 2. The smallest absolute Gasteiger partial charge is 0.407 e. The quantitative estimate of drug-likeness (QED) is 0.349. The largest absolute Gasteiger partial charge is 0.444 e. The Morgan fingerprint density at radius 3 is 2.57 bits per heavy atom. The van der Waals surface area contributed by atoms with Gasteiger partial charge in [0, 0.05) is 19.1 Å². The summed E-state index contributed by atoms with van der Waals surface area (Å²) in [6.45, 7) is 7.02. The molecule has 0 atom stereocenters. The molecule has 1 aromatic carbocycles.